The normalized spacial score (nSPS) is 10.3. The van der Waals surface area contributed by atoms with Crippen LogP contribution < -0.4 is 5.32 Å². The molecule has 0 atom stereocenters. The molecule has 0 saturated heterocycles. The maximum Gasteiger partial charge on any atom is 0.256 e. The average molecular weight is 336 g/mol. The second-order valence-electron chi connectivity index (χ2n) is 4.50. The molecule has 2 nitrogen and oxygen atoms in total. The highest BCUT2D eigenvalue weighted by Gasteiger charge is 2.13. The van der Waals surface area contributed by atoms with E-state index in [1.165, 1.54) is 17.7 Å². The standard InChI is InChI=1S/C16H15BrFNO/c1-2-4-11-7-9-12(10-8-11)19-16(20)13-5-3-6-14(18)15(13)17/h3,5-10H,2,4H2,1H3,(H,19,20). The molecule has 0 unspecified atom stereocenters. The Bertz CT molecular complexity index is 610. The molecule has 0 aromatic heterocycles. The van der Waals surface area contributed by atoms with Gasteiger partial charge in [0, 0.05) is 5.69 Å². The van der Waals surface area contributed by atoms with E-state index in [-0.39, 0.29) is 15.9 Å². The predicted octanol–water partition coefficient (Wildman–Crippen LogP) is 4.79. The molecule has 0 spiro atoms. The van der Waals surface area contributed by atoms with Gasteiger partial charge in [-0.15, -0.1) is 0 Å². The maximum absolute atomic E-state index is 13.4. The van der Waals surface area contributed by atoms with Crippen LogP contribution in [0.1, 0.15) is 29.3 Å². The Balaban J connectivity index is 2.13. The number of carbonyl (C=O) groups is 1. The van der Waals surface area contributed by atoms with Crippen molar-refractivity contribution < 1.29 is 9.18 Å². The number of hydrogen-bond acceptors (Lipinski definition) is 1. The Morgan fingerprint density at radius 2 is 1.90 bits per heavy atom. The van der Waals surface area contributed by atoms with Gasteiger partial charge in [-0.2, -0.15) is 0 Å². The average Bonchev–Trinajstić information content (AvgIpc) is 2.44. The highest BCUT2D eigenvalue weighted by atomic mass is 79.9. The van der Waals surface area contributed by atoms with Crippen LogP contribution >= 0.6 is 15.9 Å². The molecule has 2 aromatic rings. The van der Waals surface area contributed by atoms with Crippen molar-refractivity contribution in [1.29, 1.82) is 0 Å². The molecule has 4 heteroatoms. The zero-order valence-corrected chi connectivity index (χ0v) is 12.7. The van der Waals surface area contributed by atoms with E-state index < -0.39 is 5.82 Å². The minimum Gasteiger partial charge on any atom is -0.322 e. The third-order valence-corrected chi connectivity index (χ3v) is 3.75. The van der Waals surface area contributed by atoms with E-state index in [0.29, 0.717) is 5.69 Å². The largest absolute Gasteiger partial charge is 0.322 e. The molecule has 0 heterocycles. The van der Waals surface area contributed by atoms with E-state index in [1.54, 1.807) is 6.07 Å². The van der Waals surface area contributed by atoms with Gasteiger partial charge in [-0.25, -0.2) is 4.39 Å². The van der Waals surface area contributed by atoms with Crippen molar-refractivity contribution in [2.24, 2.45) is 0 Å². The minimum atomic E-state index is -0.448. The monoisotopic (exact) mass is 335 g/mol. The third-order valence-electron chi connectivity index (χ3n) is 2.95. The molecule has 0 aliphatic heterocycles. The molecule has 0 aliphatic rings. The van der Waals surface area contributed by atoms with E-state index in [2.05, 4.69) is 28.2 Å². The predicted molar refractivity (Wildman–Crippen MR) is 82.5 cm³/mol. The topological polar surface area (TPSA) is 29.1 Å². The van der Waals surface area contributed by atoms with Gasteiger partial charge >= 0.3 is 0 Å². The van der Waals surface area contributed by atoms with Crippen LogP contribution in [-0.2, 0) is 6.42 Å². The van der Waals surface area contributed by atoms with Crippen LogP contribution in [0.5, 0.6) is 0 Å². The second-order valence-corrected chi connectivity index (χ2v) is 5.30. The number of nitrogens with one attached hydrogen (secondary N) is 1. The molecule has 2 rings (SSSR count). The fourth-order valence-corrected chi connectivity index (χ4v) is 2.37. The molecular weight excluding hydrogens is 321 g/mol. The minimum absolute atomic E-state index is 0.181. The van der Waals surface area contributed by atoms with E-state index in [4.69, 9.17) is 0 Å². The van der Waals surface area contributed by atoms with Crippen molar-refractivity contribution in [2.75, 3.05) is 5.32 Å². The number of hydrogen-bond donors (Lipinski definition) is 1. The van der Waals surface area contributed by atoms with Gasteiger partial charge in [-0.3, -0.25) is 4.79 Å². The number of aryl methyl sites for hydroxylation is 1. The number of anilines is 1. The summed E-state index contributed by atoms with van der Waals surface area (Å²) in [6, 6.07) is 12.1. The third kappa shape index (κ3) is 3.45. The van der Waals surface area contributed by atoms with Gasteiger partial charge in [0.05, 0.1) is 10.0 Å². The van der Waals surface area contributed by atoms with Gasteiger partial charge in [0.2, 0.25) is 0 Å². The van der Waals surface area contributed by atoms with Crippen LogP contribution in [0.15, 0.2) is 46.9 Å². The first-order valence-corrected chi connectivity index (χ1v) is 7.25. The summed E-state index contributed by atoms with van der Waals surface area (Å²) in [7, 11) is 0. The number of carbonyl (C=O) groups excluding carboxylic acids is 1. The van der Waals surface area contributed by atoms with Crippen molar-refractivity contribution >= 4 is 27.5 Å². The zero-order valence-electron chi connectivity index (χ0n) is 11.1. The summed E-state index contributed by atoms with van der Waals surface area (Å²) >= 11 is 3.09. The van der Waals surface area contributed by atoms with Gasteiger partial charge in [-0.1, -0.05) is 31.5 Å². The summed E-state index contributed by atoms with van der Waals surface area (Å²) in [5, 5.41) is 2.76. The Hall–Kier alpha value is -1.68. The molecule has 20 heavy (non-hydrogen) atoms. The molecule has 1 amide bonds. The lowest BCUT2D eigenvalue weighted by atomic mass is 10.1. The van der Waals surface area contributed by atoms with Gasteiger partial charge in [-0.05, 0) is 52.2 Å². The Morgan fingerprint density at radius 1 is 1.20 bits per heavy atom. The van der Waals surface area contributed by atoms with E-state index in [9.17, 15) is 9.18 Å². The number of rotatable bonds is 4. The SMILES string of the molecule is CCCc1ccc(NC(=O)c2cccc(F)c2Br)cc1. The number of amides is 1. The van der Waals surface area contributed by atoms with Crippen molar-refractivity contribution in [3.8, 4) is 0 Å². The Labute approximate surface area is 126 Å². The first-order valence-electron chi connectivity index (χ1n) is 6.46. The molecule has 0 radical (unpaired) electrons. The van der Waals surface area contributed by atoms with E-state index >= 15 is 0 Å². The summed E-state index contributed by atoms with van der Waals surface area (Å²) in [5.41, 5.74) is 2.21. The molecule has 0 bridgehead atoms. The molecule has 2 aromatic carbocycles. The van der Waals surface area contributed by atoms with Crippen LogP contribution in [0.4, 0.5) is 10.1 Å². The summed E-state index contributed by atoms with van der Waals surface area (Å²) in [6.45, 7) is 2.12. The molecular formula is C16H15BrFNO. The van der Waals surface area contributed by atoms with Crippen LogP contribution in [0.2, 0.25) is 0 Å². The van der Waals surface area contributed by atoms with Gasteiger partial charge < -0.3 is 5.32 Å². The molecule has 1 N–H and O–H groups in total. The van der Waals surface area contributed by atoms with E-state index in [1.807, 2.05) is 24.3 Å². The number of benzene rings is 2. The first kappa shape index (κ1) is 14.7. The quantitative estimate of drug-likeness (QED) is 0.854. The lowest BCUT2D eigenvalue weighted by Gasteiger charge is -2.08. The molecule has 104 valence electrons. The summed E-state index contributed by atoms with van der Waals surface area (Å²) < 4.78 is 13.6. The fourth-order valence-electron chi connectivity index (χ4n) is 1.92. The molecule has 0 saturated carbocycles. The van der Waals surface area contributed by atoms with Gasteiger partial charge in [0.15, 0.2) is 0 Å². The van der Waals surface area contributed by atoms with Crippen LogP contribution in [-0.4, -0.2) is 5.91 Å². The lowest BCUT2D eigenvalue weighted by molar-refractivity contribution is 0.102. The summed E-state index contributed by atoms with van der Waals surface area (Å²) in [4.78, 5) is 12.1. The highest BCUT2D eigenvalue weighted by Crippen LogP contribution is 2.21. The van der Waals surface area contributed by atoms with Gasteiger partial charge in [0.25, 0.3) is 5.91 Å². The molecule has 0 fully saturated rings. The van der Waals surface area contributed by atoms with Gasteiger partial charge in [0.1, 0.15) is 5.82 Å². The van der Waals surface area contributed by atoms with Crippen molar-refractivity contribution in [3.63, 3.8) is 0 Å². The van der Waals surface area contributed by atoms with Crippen molar-refractivity contribution in [1.82, 2.24) is 0 Å². The summed E-state index contributed by atoms with van der Waals surface area (Å²) in [6.07, 6.45) is 2.10. The van der Waals surface area contributed by atoms with Crippen molar-refractivity contribution in [2.45, 2.75) is 19.8 Å². The highest BCUT2D eigenvalue weighted by molar-refractivity contribution is 9.10. The zero-order chi connectivity index (χ0) is 14.5. The van der Waals surface area contributed by atoms with E-state index in [0.717, 1.165) is 12.8 Å². The second kappa shape index (κ2) is 6.66. The van der Waals surface area contributed by atoms with Crippen molar-refractivity contribution in [3.05, 3.63) is 63.9 Å². The first-order chi connectivity index (χ1) is 9.61. The van der Waals surface area contributed by atoms with Crippen LogP contribution in [0, 0.1) is 5.82 Å². The smallest absolute Gasteiger partial charge is 0.256 e. The summed E-state index contributed by atoms with van der Waals surface area (Å²) in [5.74, 6) is -0.782. The Kier molecular flexibility index (Phi) is 4.90. The maximum atomic E-state index is 13.4. The Morgan fingerprint density at radius 3 is 2.55 bits per heavy atom. The van der Waals surface area contributed by atoms with Crippen LogP contribution in [0.3, 0.4) is 0 Å². The fraction of sp³-hybridized carbons (Fsp3) is 0.188. The molecule has 0 aliphatic carbocycles. The lowest BCUT2D eigenvalue weighted by Crippen LogP contribution is -2.13. The van der Waals surface area contributed by atoms with Crippen LogP contribution in [0.25, 0.3) is 0 Å². The number of halogens is 2.